The number of alkyl halides is 4. The number of nitrogen functional groups attached to an aromatic ring is 4. The van der Waals surface area contributed by atoms with Crippen LogP contribution in [0.3, 0.4) is 0 Å². The molecule has 0 radical (unpaired) electrons. The quantitative estimate of drug-likeness (QED) is 0.0162. The second-order valence-corrected chi connectivity index (χ2v) is 41.7. The number of hydrogen-bond donors (Lipinski definition) is 18. The van der Waals surface area contributed by atoms with Gasteiger partial charge in [0, 0.05) is 56.4 Å². The van der Waals surface area contributed by atoms with Gasteiger partial charge in [-0.2, -0.15) is 57.9 Å². The van der Waals surface area contributed by atoms with Gasteiger partial charge in [-0.05, 0) is 60.6 Å². The minimum absolute atomic E-state index is 0.0517. The first-order valence-electron chi connectivity index (χ1n) is 38.6. The van der Waals surface area contributed by atoms with Crippen LogP contribution in [0.4, 0.5) is 64.6 Å². The maximum atomic E-state index is 16.0. The second kappa shape index (κ2) is 40.5. The molecule has 22 N–H and O–H groups in total. The number of nitrogens with one attached hydrogen (secondary N) is 1. The summed E-state index contributed by atoms with van der Waals surface area (Å²) in [5, 5.41) is 44.4. The van der Waals surface area contributed by atoms with E-state index in [1.165, 1.54) is 39.6 Å². The Morgan fingerprint density at radius 1 is 0.425 bits per heavy atom. The second-order valence-electron chi connectivity index (χ2n) is 31.5. The van der Waals surface area contributed by atoms with E-state index in [0.29, 0.717) is 34.3 Å². The highest BCUT2D eigenvalue weighted by atomic mass is 31.3. The Kier molecular flexibility index (Phi) is 32.4. The molecule has 4 fully saturated rings. The van der Waals surface area contributed by atoms with Crippen LogP contribution in [0.15, 0.2) is 55.6 Å². The molecule has 4 saturated heterocycles. The molecule has 21 atom stereocenters. The topological polar surface area (TPSA) is 823 Å². The molecule has 0 saturated carbocycles. The number of aliphatic hydroxyl groups is 4. The zero-order chi connectivity index (χ0) is 100. The van der Waals surface area contributed by atoms with Gasteiger partial charge in [0.05, 0.1) is 57.8 Å². The molecule has 0 aliphatic carbocycles. The highest BCUT2D eigenvalue weighted by molar-refractivity contribution is 7.66. The predicted molar refractivity (Wildman–Crippen MR) is 455 cm³/mol. The molecular formula is C64H98F4N25O34P7. The van der Waals surface area contributed by atoms with Gasteiger partial charge in [0.25, 0.3) is 0 Å². The number of nitrogens with zero attached hydrogens (tertiary/aromatic N) is 20. The summed E-state index contributed by atoms with van der Waals surface area (Å²) in [6.07, 6.45) is -14.4. The van der Waals surface area contributed by atoms with Gasteiger partial charge in [0.2, 0.25) is 23.8 Å². The lowest BCUT2D eigenvalue weighted by molar-refractivity contribution is -0.149. The fraction of sp³-hybridized carbons (Fsp3) is 0.578. The SMILES string of the molecule is CC(C)OC(=O)[C@H](C)N[P@](=O)(OC[C@H]1O[C@@H](n2cnc3c(N(C)C)nc(N)nc32)[C@](C)(F)[C@@H]1O)Oc1ccccc1.CN(C)c1nc(N)nc2c1ncn2[C@@H]1O[C@H](COP(=O)(O)O)[C@@H](O)[C@@]1(C)F.CN(C)c1nc(N)nc2c1ncn2[C@@H]1O[C@H](COP(=O)(O)OP(=O)(O)O)[C@@H](O)[C@@]1(C)F.CN(C)c1nc(N)nc2c1ncn2[C@@H]1O[C@H](COP(=O)(O)OP(=O)(O)OP(=O)(O)O)[C@@H](O)[C@@]1(C)F. The van der Waals surface area contributed by atoms with E-state index in [4.69, 9.17) is 85.0 Å². The Hall–Kier alpha value is -8.58. The van der Waals surface area contributed by atoms with Gasteiger partial charge in [0.1, 0.15) is 60.6 Å². The Morgan fingerprint density at radius 3 is 0.963 bits per heavy atom. The van der Waals surface area contributed by atoms with Gasteiger partial charge in [-0.1, -0.05) is 18.2 Å². The number of halogens is 4. The summed E-state index contributed by atoms with van der Waals surface area (Å²) in [6, 6.07) is 7.06. The molecule has 4 aliphatic rings. The van der Waals surface area contributed by atoms with Crippen LogP contribution in [0.2, 0.25) is 0 Å². The number of phosphoric acid groups is 6. The minimum Gasteiger partial charge on any atom is -0.462 e. The van der Waals surface area contributed by atoms with Gasteiger partial charge in [-0.3, -0.25) is 41.2 Å². The number of hydrogen-bond acceptors (Lipinski definition) is 45. The molecule has 134 heavy (non-hydrogen) atoms. The highest BCUT2D eigenvalue weighted by Crippen LogP contribution is 2.67. The number of aromatic nitrogens is 16. The number of nitrogens with two attached hydrogens (primary N) is 4. The molecule has 0 amide bonds. The smallest absolute Gasteiger partial charge is 0.462 e. The molecule has 0 spiro atoms. The molecular weight excluding hydrogens is 1960 g/mol. The number of esters is 1. The van der Waals surface area contributed by atoms with Gasteiger partial charge in [-0.15, -0.1) is 0 Å². The minimum atomic E-state index is -5.76. The number of anilines is 8. The van der Waals surface area contributed by atoms with E-state index in [0.717, 1.165) is 38.6 Å². The van der Waals surface area contributed by atoms with Crippen LogP contribution in [0.1, 0.15) is 73.4 Å². The lowest BCUT2D eigenvalue weighted by Gasteiger charge is -2.25. The van der Waals surface area contributed by atoms with E-state index in [-0.39, 0.29) is 63.2 Å². The van der Waals surface area contributed by atoms with Crippen molar-refractivity contribution in [3.63, 3.8) is 0 Å². The molecule has 9 aromatic rings. The number of fused-ring (bicyclic) bond motifs is 4. The van der Waals surface area contributed by atoms with Crippen molar-refractivity contribution in [3.05, 3.63) is 55.6 Å². The zero-order valence-electron chi connectivity index (χ0n) is 72.9. The van der Waals surface area contributed by atoms with Crippen molar-refractivity contribution in [2.45, 2.75) is 157 Å². The maximum Gasteiger partial charge on any atom is 0.490 e. The normalized spacial score (nSPS) is 27.5. The number of ether oxygens (including phenoxy) is 5. The highest BCUT2D eigenvalue weighted by Gasteiger charge is 2.61. The summed E-state index contributed by atoms with van der Waals surface area (Å²) < 4.78 is 211. The van der Waals surface area contributed by atoms with Crippen molar-refractivity contribution >= 4 is 152 Å². The number of aliphatic hydroxyl groups excluding tert-OH is 4. The lowest BCUT2D eigenvalue weighted by atomic mass is 9.98. The van der Waals surface area contributed by atoms with Gasteiger partial charge < -0.3 is 135 Å². The molecule has 59 nitrogen and oxygen atoms in total. The number of carbonyl (C=O) groups is 1. The van der Waals surface area contributed by atoms with Gasteiger partial charge >= 0.3 is 60.7 Å². The van der Waals surface area contributed by atoms with Crippen LogP contribution in [-0.4, -0.2) is 315 Å². The molecule has 0 bridgehead atoms. The van der Waals surface area contributed by atoms with E-state index in [1.807, 2.05) is 0 Å². The first kappa shape index (κ1) is 107. The molecule has 4 aliphatic heterocycles. The Labute approximate surface area is 754 Å². The van der Waals surface area contributed by atoms with Crippen molar-refractivity contribution in [1.82, 2.24) is 83.2 Å². The van der Waals surface area contributed by atoms with Crippen LogP contribution < -0.4 is 52.1 Å². The monoisotopic (exact) mass is 2050 g/mol. The largest absolute Gasteiger partial charge is 0.490 e. The number of imidazole rings is 4. The number of benzene rings is 1. The number of para-hydroxylation sites is 1. The van der Waals surface area contributed by atoms with Crippen molar-refractivity contribution in [1.29, 1.82) is 0 Å². The Balaban J connectivity index is 0.000000187. The summed E-state index contributed by atoms with van der Waals surface area (Å²) in [7, 11) is -22.9. The number of rotatable bonds is 32. The van der Waals surface area contributed by atoms with Crippen LogP contribution >= 0.6 is 54.7 Å². The first-order valence-corrected chi connectivity index (χ1v) is 49.2. The van der Waals surface area contributed by atoms with Crippen LogP contribution in [0, 0.1) is 0 Å². The first-order chi connectivity index (χ1) is 61.6. The van der Waals surface area contributed by atoms with Crippen molar-refractivity contribution in [2.75, 3.05) is 125 Å². The summed E-state index contributed by atoms with van der Waals surface area (Å²) in [4.78, 5) is 149. The lowest BCUT2D eigenvalue weighted by Crippen LogP contribution is -2.41. The Morgan fingerprint density at radius 2 is 0.694 bits per heavy atom. The molecule has 13 rings (SSSR count). The van der Waals surface area contributed by atoms with Crippen molar-refractivity contribution in [2.24, 2.45) is 0 Å². The summed E-state index contributed by atoms with van der Waals surface area (Å²) >= 11 is 0. The predicted octanol–water partition coefficient (Wildman–Crippen LogP) is 1.66. The number of carbonyl (C=O) groups excluding carboxylic acids is 1. The van der Waals surface area contributed by atoms with Gasteiger partial charge in [-0.25, -0.2) is 69.5 Å². The standard InChI is InChI=1S/C25H35FN7O7P.C13H22FN6O12P3.C13H21FN6O9P2.C13H20FN6O6P/c1-14(2)38-22(35)15(3)31-41(36,40-16-10-8-7-9-11-16)37-12-17-19(34)25(4,26)23(39-17)33-13-28-18-20(32(5)6)29-24(27)30-21(18)33;1-13(14)8(21)6(4-29-34(25,26)32-35(27,28)31-33(22,23)24)30-11(13)20-5-16-7-9(19(2)3)17-12(15)18-10(7)20;1-13(14)8(21)6(4-27-31(25,26)29-30(22,23)24)28-11(13)20-5-16-7-9(19(2)3)17-12(15)18-10(7)20;1-13(14)8(21)6(4-25-27(22,23)24)26-11(13)20-5-16-7-9(19(2)3)17-12(15)18-10(7)20/h7-11,13-15,17,19,23,34H,12H2,1-6H3,(H,31,36)(H2,27,29,30);5-6,8,11,21H,4H2,1-3H3,(H,25,26)(H,27,28)(H2,15,17,18)(H2,22,23,24);5-6,8,11,21H,4H2,1-3H3,(H,25,26)(H2,15,17,18)(H2,22,23,24);5-6,8,11,21H,4H2,1-3H3,(H2,15,17,18)(H2,22,23,24)/t15-,17+,19+,23+,25+,41-;3*6-,8-,11-,13-/m0111/s1. The third kappa shape index (κ3) is 25.1. The van der Waals surface area contributed by atoms with E-state index in [9.17, 15) is 71.9 Å². The molecule has 70 heteroatoms. The molecule has 8 aromatic heterocycles. The van der Waals surface area contributed by atoms with Crippen molar-refractivity contribution < 1.29 is 178 Å². The third-order valence-corrected chi connectivity index (χ3v) is 27.6. The Bertz CT molecular complexity index is 6080. The number of phosphoric ester groups is 3. The fourth-order valence-corrected chi connectivity index (χ4v) is 20.0. The molecule has 746 valence electrons. The fourth-order valence-electron chi connectivity index (χ4n) is 13.5. The zero-order valence-corrected chi connectivity index (χ0v) is 79.2. The van der Waals surface area contributed by atoms with E-state index in [2.05, 4.69) is 91.4 Å². The maximum absolute atomic E-state index is 16.0. The van der Waals surface area contributed by atoms with Crippen LogP contribution in [-0.2, 0) is 91.5 Å². The van der Waals surface area contributed by atoms with E-state index in [1.54, 1.807) is 120 Å². The third-order valence-electron chi connectivity index (χ3n) is 19.5. The average Bonchev–Trinajstić information content (AvgIpc) is 1.60. The molecule has 12 heterocycles. The van der Waals surface area contributed by atoms with Crippen molar-refractivity contribution in [3.8, 4) is 5.75 Å². The molecule has 3 unspecified atom stereocenters. The van der Waals surface area contributed by atoms with Crippen LogP contribution in [0.5, 0.6) is 5.75 Å². The van der Waals surface area contributed by atoms with Crippen LogP contribution in [0.25, 0.3) is 44.7 Å². The van der Waals surface area contributed by atoms with E-state index >= 15 is 17.6 Å². The summed E-state index contributed by atoms with van der Waals surface area (Å²) in [5.74, 6) is 0.611. The summed E-state index contributed by atoms with van der Waals surface area (Å²) in [6.45, 7) is 5.80. The average molecular weight is 2050 g/mol. The molecule has 1 aromatic carbocycles. The van der Waals surface area contributed by atoms with E-state index < -0.39 is 196 Å². The summed E-state index contributed by atoms with van der Waals surface area (Å²) in [5.41, 5.74) is 15.1. The van der Waals surface area contributed by atoms with Gasteiger partial charge in [0.15, 0.2) is 116 Å².